The van der Waals surface area contributed by atoms with Crippen molar-refractivity contribution in [3.05, 3.63) is 16.6 Å². The van der Waals surface area contributed by atoms with Crippen LogP contribution in [-0.4, -0.2) is 28.9 Å². The molecule has 4 heteroatoms. The van der Waals surface area contributed by atoms with E-state index in [1.165, 1.54) is 37.0 Å². The molecule has 86 valence electrons. The fourth-order valence-corrected chi connectivity index (χ4v) is 3.15. The lowest BCUT2D eigenvalue weighted by Gasteiger charge is -2.31. The number of amides is 1. The van der Waals surface area contributed by atoms with Crippen molar-refractivity contribution in [3.63, 3.8) is 0 Å². The Bertz CT molecular complexity index is 364. The maximum atomic E-state index is 12.0. The van der Waals surface area contributed by atoms with Gasteiger partial charge in [0.2, 0.25) is 0 Å². The van der Waals surface area contributed by atoms with E-state index in [0.717, 1.165) is 24.9 Å². The molecular formula is C12H16N2OS. The summed E-state index contributed by atoms with van der Waals surface area (Å²) in [6, 6.07) is 0. The Morgan fingerprint density at radius 1 is 1.25 bits per heavy atom. The lowest BCUT2D eigenvalue weighted by atomic mass is 9.92. The maximum Gasteiger partial charge on any atom is 0.273 e. The lowest BCUT2D eigenvalue weighted by Crippen LogP contribution is -2.39. The summed E-state index contributed by atoms with van der Waals surface area (Å²) < 4.78 is 0. The van der Waals surface area contributed by atoms with E-state index < -0.39 is 0 Å². The number of nitrogens with zero attached hydrogens (tertiary/aromatic N) is 2. The highest BCUT2D eigenvalue weighted by Gasteiger charge is 2.34. The van der Waals surface area contributed by atoms with Crippen molar-refractivity contribution in [2.45, 2.75) is 25.7 Å². The predicted octanol–water partition coefficient (Wildman–Crippen LogP) is 2.41. The Kier molecular flexibility index (Phi) is 2.67. The van der Waals surface area contributed by atoms with Crippen molar-refractivity contribution in [3.8, 4) is 0 Å². The van der Waals surface area contributed by atoms with Gasteiger partial charge in [-0.15, -0.1) is 11.3 Å². The monoisotopic (exact) mass is 236 g/mol. The van der Waals surface area contributed by atoms with Gasteiger partial charge in [0.05, 0.1) is 5.51 Å². The quantitative estimate of drug-likeness (QED) is 0.790. The first-order chi connectivity index (χ1) is 7.84. The fraction of sp³-hybridized carbons (Fsp3) is 0.667. The van der Waals surface area contributed by atoms with Crippen LogP contribution in [0.5, 0.6) is 0 Å². The van der Waals surface area contributed by atoms with Gasteiger partial charge >= 0.3 is 0 Å². The van der Waals surface area contributed by atoms with Crippen LogP contribution in [0.4, 0.5) is 0 Å². The molecule has 0 N–H and O–H groups in total. The molecule has 3 rings (SSSR count). The molecule has 0 unspecified atom stereocenters. The van der Waals surface area contributed by atoms with Gasteiger partial charge in [0.1, 0.15) is 5.69 Å². The van der Waals surface area contributed by atoms with E-state index in [1.807, 2.05) is 10.3 Å². The molecule has 1 aromatic heterocycles. The average Bonchev–Trinajstić information content (AvgIpc) is 3.04. The minimum Gasteiger partial charge on any atom is -0.337 e. The van der Waals surface area contributed by atoms with Gasteiger partial charge in [0.15, 0.2) is 0 Å². The first kappa shape index (κ1) is 10.3. The third-order valence-electron chi connectivity index (χ3n) is 3.77. The number of aromatic nitrogens is 1. The van der Waals surface area contributed by atoms with Crippen molar-refractivity contribution in [2.24, 2.45) is 11.8 Å². The summed E-state index contributed by atoms with van der Waals surface area (Å²) in [5, 5.41) is 1.84. The van der Waals surface area contributed by atoms with Crippen molar-refractivity contribution < 1.29 is 4.79 Å². The number of carbonyl (C=O) groups is 1. The summed E-state index contributed by atoms with van der Waals surface area (Å²) in [6.45, 7) is 1.86. The van der Waals surface area contributed by atoms with E-state index in [2.05, 4.69) is 4.98 Å². The predicted molar refractivity (Wildman–Crippen MR) is 63.5 cm³/mol. The van der Waals surface area contributed by atoms with Gasteiger partial charge in [0.25, 0.3) is 5.91 Å². The summed E-state index contributed by atoms with van der Waals surface area (Å²) in [6.07, 6.45) is 5.23. The lowest BCUT2D eigenvalue weighted by molar-refractivity contribution is 0.0675. The number of likely N-dealkylation sites (tertiary alicyclic amines) is 1. The highest BCUT2D eigenvalue weighted by molar-refractivity contribution is 7.07. The molecule has 1 aromatic rings. The van der Waals surface area contributed by atoms with E-state index >= 15 is 0 Å². The molecule has 0 spiro atoms. The third kappa shape index (κ3) is 1.98. The number of hydrogen-bond donors (Lipinski definition) is 0. The summed E-state index contributed by atoms with van der Waals surface area (Å²) in [5.74, 6) is 1.99. The van der Waals surface area contributed by atoms with Gasteiger partial charge in [-0.05, 0) is 37.5 Å². The van der Waals surface area contributed by atoms with Crippen molar-refractivity contribution in [1.82, 2.24) is 9.88 Å². The van der Waals surface area contributed by atoms with E-state index in [4.69, 9.17) is 0 Å². The van der Waals surface area contributed by atoms with Gasteiger partial charge in [-0.2, -0.15) is 0 Å². The first-order valence-electron chi connectivity index (χ1n) is 6.02. The van der Waals surface area contributed by atoms with Crippen LogP contribution in [0.25, 0.3) is 0 Å². The van der Waals surface area contributed by atoms with Gasteiger partial charge in [-0.25, -0.2) is 4.98 Å². The SMILES string of the molecule is O=C(c1cscn1)N1CCC(C2CC2)CC1. The van der Waals surface area contributed by atoms with Crippen LogP contribution in [-0.2, 0) is 0 Å². The molecular weight excluding hydrogens is 220 g/mol. The molecule has 2 aliphatic rings. The van der Waals surface area contributed by atoms with Gasteiger partial charge in [-0.3, -0.25) is 4.79 Å². The van der Waals surface area contributed by atoms with Crippen molar-refractivity contribution in [1.29, 1.82) is 0 Å². The number of piperidine rings is 1. The van der Waals surface area contributed by atoms with Crippen LogP contribution in [0, 0.1) is 11.8 Å². The van der Waals surface area contributed by atoms with Crippen molar-refractivity contribution in [2.75, 3.05) is 13.1 Å². The second-order valence-electron chi connectivity index (χ2n) is 4.84. The molecule has 1 amide bonds. The zero-order valence-corrected chi connectivity index (χ0v) is 10.1. The zero-order chi connectivity index (χ0) is 11.0. The minimum absolute atomic E-state index is 0.121. The van der Waals surface area contributed by atoms with Crippen molar-refractivity contribution >= 4 is 17.2 Å². The number of hydrogen-bond acceptors (Lipinski definition) is 3. The third-order valence-corrected chi connectivity index (χ3v) is 4.35. The van der Waals surface area contributed by atoms with Gasteiger partial charge in [0, 0.05) is 18.5 Å². The van der Waals surface area contributed by atoms with Gasteiger partial charge < -0.3 is 4.90 Å². The Hall–Kier alpha value is -0.900. The number of rotatable bonds is 2. The highest BCUT2D eigenvalue weighted by atomic mass is 32.1. The molecule has 1 aliphatic carbocycles. The molecule has 2 fully saturated rings. The van der Waals surface area contributed by atoms with Crippen LogP contribution in [0.2, 0.25) is 0 Å². The Morgan fingerprint density at radius 3 is 2.50 bits per heavy atom. The Labute approximate surface area is 99.5 Å². The van der Waals surface area contributed by atoms with Crippen LogP contribution < -0.4 is 0 Å². The van der Waals surface area contributed by atoms with Crippen LogP contribution in [0.3, 0.4) is 0 Å². The molecule has 1 saturated heterocycles. The van der Waals surface area contributed by atoms with E-state index in [0.29, 0.717) is 5.69 Å². The Balaban J connectivity index is 1.59. The molecule has 1 saturated carbocycles. The maximum absolute atomic E-state index is 12.0. The smallest absolute Gasteiger partial charge is 0.273 e. The Morgan fingerprint density at radius 2 is 1.94 bits per heavy atom. The normalized spacial score (nSPS) is 22.4. The summed E-state index contributed by atoms with van der Waals surface area (Å²) >= 11 is 1.49. The molecule has 0 atom stereocenters. The van der Waals surface area contributed by atoms with Crippen LogP contribution in [0.1, 0.15) is 36.2 Å². The second kappa shape index (κ2) is 4.17. The van der Waals surface area contributed by atoms with E-state index in [9.17, 15) is 4.79 Å². The fourth-order valence-electron chi connectivity index (χ4n) is 2.62. The molecule has 0 bridgehead atoms. The zero-order valence-electron chi connectivity index (χ0n) is 9.26. The number of carbonyl (C=O) groups excluding carboxylic acids is 1. The average molecular weight is 236 g/mol. The molecule has 16 heavy (non-hydrogen) atoms. The molecule has 2 heterocycles. The molecule has 1 aliphatic heterocycles. The van der Waals surface area contributed by atoms with Gasteiger partial charge in [-0.1, -0.05) is 0 Å². The highest BCUT2D eigenvalue weighted by Crippen LogP contribution is 2.41. The van der Waals surface area contributed by atoms with Crippen LogP contribution in [0.15, 0.2) is 10.9 Å². The second-order valence-corrected chi connectivity index (χ2v) is 5.56. The topological polar surface area (TPSA) is 33.2 Å². The van der Waals surface area contributed by atoms with Crippen LogP contribution >= 0.6 is 11.3 Å². The molecule has 3 nitrogen and oxygen atoms in total. The molecule has 0 aromatic carbocycles. The minimum atomic E-state index is 0.121. The van der Waals surface area contributed by atoms with E-state index in [-0.39, 0.29) is 5.91 Å². The first-order valence-corrected chi connectivity index (χ1v) is 6.96. The largest absolute Gasteiger partial charge is 0.337 e. The summed E-state index contributed by atoms with van der Waals surface area (Å²) in [7, 11) is 0. The van der Waals surface area contributed by atoms with E-state index in [1.54, 1.807) is 5.51 Å². The summed E-state index contributed by atoms with van der Waals surface area (Å²) in [5.41, 5.74) is 2.35. The summed E-state index contributed by atoms with van der Waals surface area (Å²) in [4.78, 5) is 18.1. The standard InChI is InChI=1S/C12H16N2OS/c15-12(11-7-16-8-13-11)14-5-3-10(4-6-14)9-1-2-9/h7-10H,1-6H2. The molecule has 0 radical (unpaired) electrons. The number of thiazole rings is 1.